The van der Waals surface area contributed by atoms with Crippen LogP contribution in [0.15, 0.2) is 36.4 Å². The molecule has 0 fully saturated rings. The average Bonchev–Trinajstić information content (AvgIpc) is 2.46. The van der Waals surface area contributed by atoms with Crippen LogP contribution >= 0.6 is 34.2 Å². The van der Waals surface area contributed by atoms with E-state index in [4.69, 9.17) is 21.6 Å². The van der Waals surface area contributed by atoms with Crippen LogP contribution in [0.1, 0.15) is 11.4 Å². The lowest BCUT2D eigenvalue weighted by molar-refractivity contribution is 1.25. The van der Waals surface area contributed by atoms with Crippen molar-refractivity contribution in [1.82, 2.24) is 9.97 Å². The molecule has 4 heteroatoms. The molecule has 2 nitrogen and oxygen atoms in total. The number of halogens is 2. The fourth-order valence-electron chi connectivity index (χ4n) is 2.94. The molecule has 2 heterocycles. The third-order valence-electron chi connectivity index (χ3n) is 3.91. The zero-order chi connectivity index (χ0) is 15.4. The van der Waals surface area contributed by atoms with Gasteiger partial charge in [-0.15, -0.1) is 0 Å². The zero-order valence-electron chi connectivity index (χ0n) is 12.1. The molecule has 2 aromatic heterocycles. The van der Waals surface area contributed by atoms with Gasteiger partial charge in [-0.3, -0.25) is 9.97 Å². The van der Waals surface area contributed by atoms with Gasteiger partial charge in [0.15, 0.2) is 0 Å². The van der Waals surface area contributed by atoms with Crippen molar-refractivity contribution in [1.29, 1.82) is 0 Å². The predicted octanol–water partition coefficient (Wildman–Crippen LogP) is 5.81. The summed E-state index contributed by atoms with van der Waals surface area (Å²) in [6, 6.07) is 12.4. The van der Waals surface area contributed by atoms with E-state index in [9.17, 15) is 0 Å². The van der Waals surface area contributed by atoms with E-state index in [1.165, 1.54) is 8.96 Å². The van der Waals surface area contributed by atoms with Crippen molar-refractivity contribution in [3.05, 3.63) is 56.4 Å². The maximum atomic E-state index is 6.37. The molecule has 0 aliphatic carbocycles. The van der Waals surface area contributed by atoms with E-state index in [1.807, 2.05) is 26.0 Å². The summed E-state index contributed by atoms with van der Waals surface area (Å²) in [5.41, 5.74) is 3.93. The van der Waals surface area contributed by atoms with Gasteiger partial charge in [0, 0.05) is 36.5 Å². The van der Waals surface area contributed by atoms with E-state index >= 15 is 0 Å². The normalized spacial score (nSPS) is 11.6. The van der Waals surface area contributed by atoms with Gasteiger partial charge in [0.1, 0.15) is 0 Å². The maximum Gasteiger partial charge on any atom is 0.0799 e. The Labute approximate surface area is 146 Å². The number of aromatic nitrogens is 2. The first kappa shape index (κ1) is 14.2. The van der Waals surface area contributed by atoms with Gasteiger partial charge >= 0.3 is 0 Å². The summed E-state index contributed by atoms with van der Waals surface area (Å²) < 4.78 is 1.22. The first-order chi connectivity index (χ1) is 10.5. The Bertz CT molecular complexity index is 986. The highest BCUT2D eigenvalue weighted by atomic mass is 127. The number of hydrogen-bond acceptors (Lipinski definition) is 2. The highest BCUT2D eigenvalue weighted by molar-refractivity contribution is 14.1. The minimum atomic E-state index is 0.747. The molecule has 0 saturated carbocycles. The highest BCUT2D eigenvalue weighted by Crippen LogP contribution is 2.34. The van der Waals surface area contributed by atoms with Crippen molar-refractivity contribution >= 4 is 66.8 Å². The van der Waals surface area contributed by atoms with Crippen molar-refractivity contribution in [2.75, 3.05) is 0 Å². The number of benzene rings is 2. The van der Waals surface area contributed by atoms with Gasteiger partial charge in [-0.2, -0.15) is 0 Å². The molecule has 0 aliphatic heterocycles. The molecule has 0 atom stereocenters. The van der Waals surface area contributed by atoms with Crippen molar-refractivity contribution in [3.8, 4) is 0 Å². The quantitative estimate of drug-likeness (QED) is 0.266. The summed E-state index contributed by atoms with van der Waals surface area (Å²) >= 11 is 8.74. The molecule has 2 aromatic carbocycles. The molecular formula is C18H12ClIN2. The van der Waals surface area contributed by atoms with Crippen LogP contribution in [0.25, 0.3) is 32.6 Å². The van der Waals surface area contributed by atoms with E-state index in [2.05, 4.69) is 46.9 Å². The van der Waals surface area contributed by atoms with Gasteiger partial charge < -0.3 is 0 Å². The molecule has 22 heavy (non-hydrogen) atoms. The lowest BCUT2D eigenvalue weighted by atomic mass is 10.0. The largest absolute Gasteiger partial charge is 0.252 e. The van der Waals surface area contributed by atoms with Crippen molar-refractivity contribution in [2.24, 2.45) is 0 Å². The molecule has 0 bridgehead atoms. The van der Waals surface area contributed by atoms with Crippen molar-refractivity contribution in [3.63, 3.8) is 0 Å². The van der Waals surface area contributed by atoms with Crippen LogP contribution < -0.4 is 0 Å². The first-order valence-corrected chi connectivity index (χ1v) is 8.46. The molecule has 0 aliphatic rings. The van der Waals surface area contributed by atoms with Gasteiger partial charge in [-0.1, -0.05) is 35.9 Å². The van der Waals surface area contributed by atoms with E-state index < -0.39 is 0 Å². The van der Waals surface area contributed by atoms with Crippen molar-refractivity contribution < 1.29 is 0 Å². The standard InChI is InChI=1S/C18H12ClIN2/c1-9-7-15(19)13-5-3-12-11(17(13)21-9)4-6-14-16(20)8-10(2)22-18(12)14/h3-8H,1-2H3. The molecule has 0 amide bonds. The SMILES string of the molecule is Cc1cc(Cl)c2ccc3c(ccc4c(I)cc(C)nc43)c2n1. The fourth-order valence-corrected chi connectivity index (χ4v) is 4.14. The Morgan fingerprint density at radius 3 is 1.95 bits per heavy atom. The molecule has 0 spiro atoms. The van der Waals surface area contributed by atoms with E-state index in [-0.39, 0.29) is 0 Å². The van der Waals surface area contributed by atoms with E-state index in [0.717, 1.165) is 43.6 Å². The minimum Gasteiger partial charge on any atom is -0.252 e. The van der Waals surface area contributed by atoms with Gasteiger partial charge in [0.2, 0.25) is 0 Å². The zero-order valence-corrected chi connectivity index (χ0v) is 15.0. The average molecular weight is 419 g/mol. The Morgan fingerprint density at radius 1 is 0.773 bits per heavy atom. The maximum absolute atomic E-state index is 6.37. The summed E-state index contributed by atoms with van der Waals surface area (Å²) in [4.78, 5) is 9.45. The van der Waals surface area contributed by atoms with Gasteiger partial charge in [-0.25, -0.2) is 0 Å². The number of hydrogen-bond donors (Lipinski definition) is 0. The number of aryl methyl sites for hydroxylation is 2. The summed E-state index contributed by atoms with van der Waals surface area (Å²) in [5, 5.41) is 5.14. The van der Waals surface area contributed by atoms with Crippen LogP contribution in [-0.4, -0.2) is 9.97 Å². The second-order valence-electron chi connectivity index (χ2n) is 5.51. The lowest BCUT2D eigenvalue weighted by Gasteiger charge is -2.10. The Kier molecular flexibility index (Phi) is 3.24. The van der Waals surface area contributed by atoms with Crippen LogP contribution in [0.4, 0.5) is 0 Å². The van der Waals surface area contributed by atoms with Crippen molar-refractivity contribution in [2.45, 2.75) is 13.8 Å². The number of pyridine rings is 2. The topological polar surface area (TPSA) is 25.8 Å². The van der Waals surface area contributed by atoms with Crippen LogP contribution in [0.3, 0.4) is 0 Å². The van der Waals surface area contributed by atoms with Crippen LogP contribution in [0.2, 0.25) is 5.02 Å². The smallest absolute Gasteiger partial charge is 0.0799 e. The van der Waals surface area contributed by atoms with E-state index in [0.29, 0.717) is 0 Å². The third-order valence-corrected chi connectivity index (χ3v) is 5.11. The van der Waals surface area contributed by atoms with E-state index in [1.54, 1.807) is 0 Å². The van der Waals surface area contributed by atoms with Gasteiger partial charge in [0.05, 0.1) is 16.1 Å². The van der Waals surface area contributed by atoms with Gasteiger partial charge in [-0.05, 0) is 48.6 Å². The van der Waals surface area contributed by atoms with Gasteiger partial charge in [0.25, 0.3) is 0 Å². The fraction of sp³-hybridized carbons (Fsp3) is 0.111. The highest BCUT2D eigenvalue weighted by Gasteiger charge is 2.11. The molecule has 0 radical (unpaired) electrons. The molecule has 0 N–H and O–H groups in total. The Morgan fingerprint density at radius 2 is 1.27 bits per heavy atom. The second-order valence-corrected chi connectivity index (χ2v) is 7.08. The van der Waals surface area contributed by atoms with Crippen LogP contribution in [-0.2, 0) is 0 Å². The lowest BCUT2D eigenvalue weighted by Crippen LogP contribution is -1.91. The molecule has 4 rings (SSSR count). The minimum absolute atomic E-state index is 0.747. The van der Waals surface area contributed by atoms with Crippen LogP contribution in [0, 0.1) is 17.4 Å². The Hall–Kier alpha value is -1.46. The summed E-state index contributed by atoms with van der Waals surface area (Å²) in [6.45, 7) is 4.00. The predicted molar refractivity (Wildman–Crippen MR) is 102 cm³/mol. The second kappa shape index (κ2) is 5.03. The first-order valence-electron chi connectivity index (χ1n) is 7.00. The van der Waals surface area contributed by atoms with Crippen LogP contribution in [0.5, 0.6) is 0 Å². The Balaban J connectivity index is 2.27. The monoisotopic (exact) mass is 418 g/mol. The number of rotatable bonds is 0. The molecule has 4 aromatic rings. The molecule has 108 valence electrons. The molecular weight excluding hydrogens is 407 g/mol. The number of nitrogens with zero attached hydrogens (tertiary/aromatic N) is 2. The third kappa shape index (κ3) is 2.07. The molecule has 0 saturated heterocycles. The number of fused-ring (bicyclic) bond motifs is 5. The molecule has 0 unspecified atom stereocenters. The summed E-state index contributed by atoms with van der Waals surface area (Å²) in [6.07, 6.45) is 0. The summed E-state index contributed by atoms with van der Waals surface area (Å²) in [7, 11) is 0. The summed E-state index contributed by atoms with van der Waals surface area (Å²) in [5.74, 6) is 0.